The summed E-state index contributed by atoms with van der Waals surface area (Å²) in [7, 11) is 0. The number of carbonyl (C=O) groups is 1. The Labute approximate surface area is 89.7 Å². The number of carboxylic acids is 1. The van der Waals surface area contributed by atoms with Crippen LogP contribution in [0.1, 0.15) is 41.0 Å². The molecule has 0 aliphatic heterocycles. The average molecular weight is 207 g/mol. The first-order valence-electron chi connectivity index (χ1n) is 5.49. The Morgan fingerprint density at radius 3 is 2.60 bits per heavy atom. The Hall–Kier alpha value is -1.25. The number of aromatic nitrogens is 1. The fraction of sp³-hybridized carbons (Fsp3) is 0.583. The molecule has 0 spiro atoms. The van der Waals surface area contributed by atoms with Gasteiger partial charge in [-0.25, -0.2) is 4.79 Å². The van der Waals surface area contributed by atoms with Crippen molar-refractivity contribution >= 4 is 5.97 Å². The van der Waals surface area contributed by atoms with E-state index in [4.69, 9.17) is 5.11 Å². The molecular formula is C12H17NO2. The Bertz CT molecular complexity index is 389. The quantitative estimate of drug-likeness (QED) is 0.827. The van der Waals surface area contributed by atoms with Crippen molar-refractivity contribution in [2.45, 2.75) is 39.7 Å². The van der Waals surface area contributed by atoms with Crippen molar-refractivity contribution in [1.82, 2.24) is 4.57 Å². The van der Waals surface area contributed by atoms with Gasteiger partial charge in [0.15, 0.2) is 0 Å². The summed E-state index contributed by atoms with van der Waals surface area (Å²) in [6.45, 7) is 4.87. The molecular weight excluding hydrogens is 190 g/mol. The first-order chi connectivity index (χ1) is 7.09. The molecule has 0 radical (unpaired) electrons. The molecule has 0 bridgehead atoms. The van der Waals surface area contributed by atoms with Gasteiger partial charge in [0.2, 0.25) is 0 Å². The molecule has 1 aromatic heterocycles. The predicted molar refractivity (Wildman–Crippen MR) is 58.2 cm³/mol. The van der Waals surface area contributed by atoms with Crippen LogP contribution in [0.2, 0.25) is 0 Å². The zero-order valence-corrected chi connectivity index (χ0v) is 9.29. The van der Waals surface area contributed by atoms with Crippen LogP contribution in [0, 0.1) is 19.8 Å². The van der Waals surface area contributed by atoms with Crippen LogP contribution in [0.15, 0.2) is 6.07 Å². The van der Waals surface area contributed by atoms with E-state index in [1.165, 1.54) is 19.3 Å². The molecule has 2 rings (SSSR count). The molecule has 0 atom stereocenters. The van der Waals surface area contributed by atoms with Crippen LogP contribution in [-0.2, 0) is 6.54 Å². The fourth-order valence-corrected chi connectivity index (χ4v) is 2.23. The first kappa shape index (κ1) is 10.3. The van der Waals surface area contributed by atoms with Gasteiger partial charge in [0.1, 0.15) is 0 Å². The molecule has 0 unspecified atom stereocenters. The molecule has 1 aliphatic carbocycles. The van der Waals surface area contributed by atoms with Crippen LogP contribution in [0.4, 0.5) is 0 Å². The minimum absolute atomic E-state index is 0.451. The van der Waals surface area contributed by atoms with Gasteiger partial charge in [0.05, 0.1) is 5.56 Å². The highest BCUT2D eigenvalue weighted by atomic mass is 16.4. The van der Waals surface area contributed by atoms with Crippen molar-refractivity contribution in [3.8, 4) is 0 Å². The van der Waals surface area contributed by atoms with Crippen LogP contribution in [-0.4, -0.2) is 15.6 Å². The van der Waals surface area contributed by atoms with Gasteiger partial charge < -0.3 is 9.67 Å². The summed E-state index contributed by atoms with van der Waals surface area (Å²) < 4.78 is 2.15. The Kier molecular flexibility index (Phi) is 2.55. The number of rotatable bonds is 3. The second kappa shape index (κ2) is 3.72. The molecule has 0 amide bonds. The number of hydrogen-bond donors (Lipinski definition) is 1. The maximum Gasteiger partial charge on any atom is 0.337 e. The van der Waals surface area contributed by atoms with Crippen LogP contribution >= 0.6 is 0 Å². The highest BCUT2D eigenvalue weighted by Gasteiger charge is 2.21. The molecule has 1 aliphatic rings. The summed E-state index contributed by atoms with van der Waals surface area (Å²) in [4.78, 5) is 10.9. The predicted octanol–water partition coefficient (Wildman–Crippen LogP) is 2.60. The van der Waals surface area contributed by atoms with Crippen molar-refractivity contribution in [2.75, 3.05) is 0 Å². The number of aromatic carboxylic acids is 1. The lowest BCUT2D eigenvalue weighted by atomic mass is 9.85. The van der Waals surface area contributed by atoms with Gasteiger partial charge in [0, 0.05) is 17.9 Å². The summed E-state index contributed by atoms with van der Waals surface area (Å²) in [5.41, 5.74) is 2.41. The number of carboxylic acid groups (broad SMARTS) is 1. The van der Waals surface area contributed by atoms with Crippen molar-refractivity contribution in [3.63, 3.8) is 0 Å². The van der Waals surface area contributed by atoms with Crippen molar-refractivity contribution in [1.29, 1.82) is 0 Å². The van der Waals surface area contributed by atoms with E-state index >= 15 is 0 Å². The highest BCUT2D eigenvalue weighted by molar-refractivity contribution is 5.89. The van der Waals surface area contributed by atoms with Gasteiger partial charge >= 0.3 is 5.97 Å². The van der Waals surface area contributed by atoms with Crippen molar-refractivity contribution in [2.24, 2.45) is 5.92 Å². The third kappa shape index (κ3) is 1.78. The van der Waals surface area contributed by atoms with Crippen molar-refractivity contribution < 1.29 is 9.90 Å². The molecule has 15 heavy (non-hydrogen) atoms. The monoisotopic (exact) mass is 207 g/mol. The minimum Gasteiger partial charge on any atom is -0.478 e. The molecule has 1 fully saturated rings. The summed E-state index contributed by atoms with van der Waals surface area (Å²) >= 11 is 0. The van der Waals surface area contributed by atoms with Crippen molar-refractivity contribution in [3.05, 3.63) is 23.0 Å². The first-order valence-corrected chi connectivity index (χ1v) is 5.49. The van der Waals surface area contributed by atoms with E-state index in [1.807, 2.05) is 13.8 Å². The van der Waals surface area contributed by atoms with E-state index in [9.17, 15) is 4.79 Å². The molecule has 3 heteroatoms. The Morgan fingerprint density at radius 2 is 2.20 bits per heavy atom. The highest BCUT2D eigenvalue weighted by Crippen LogP contribution is 2.29. The lowest BCUT2D eigenvalue weighted by molar-refractivity contribution is 0.0696. The Morgan fingerprint density at radius 1 is 1.53 bits per heavy atom. The third-order valence-corrected chi connectivity index (χ3v) is 3.47. The lowest BCUT2D eigenvalue weighted by Gasteiger charge is -2.27. The second-order valence-electron chi connectivity index (χ2n) is 4.50. The van der Waals surface area contributed by atoms with Crippen LogP contribution in [0.3, 0.4) is 0 Å². The molecule has 1 heterocycles. The Balaban J connectivity index is 2.25. The average Bonchev–Trinajstić information content (AvgIpc) is 2.36. The molecule has 1 saturated carbocycles. The van der Waals surface area contributed by atoms with E-state index in [0.717, 1.165) is 23.9 Å². The summed E-state index contributed by atoms with van der Waals surface area (Å²) in [6, 6.07) is 1.77. The number of nitrogens with zero attached hydrogens (tertiary/aromatic N) is 1. The van der Waals surface area contributed by atoms with Crippen LogP contribution in [0.5, 0.6) is 0 Å². The van der Waals surface area contributed by atoms with Gasteiger partial charge in [-0.05, 0) is 38.7 Å². The molecule has 3 nitrogen and oxygen atoms in total. The molecule has 1 aromatic rings. The summed E-state index contributed by atoms with van der Waals surface area (Å²) in [5.74, 6) is -0.0561. The molecule has 82 valence electrons. The largest absolute Gasteiger partial charge is 0.478 e. The maximum absolute atomic E-state index is 10.9. The lowest BCUT2D eigenvalue weighted by Crippen LogP contribution is -2.19. The molecule has 0 aromatic carbocycles. The normalized spacial score (nSPS) is 16.4. The summed E-state index contributed by atoms with van der Waals surface area (Å²) in [6.07, 6.45) is 3.91. The van der Waals surface area contributed by atoms with E-state index in [-0.39, 0.29) is 0 Å². The minimum atomic E-state index is -0.817. The summed E-state index contributed by atoms with van der Waals surface area (Å²) in [5, 5.41) is 9.00. The maximum atomic E-state index is 10.9. The SMILES string of the molecule is Cc1cc(C(=O)O)c(C)n1CC1CCC1. The number of aryl methyl sites for hydroxylation is 1. The van der Waals surface area contributed by atoms with Gasteiger partial charge in [-0.2, -0.15) is 0 Å². The van der Waals surface area contributed by atoms with E-state index in [1.54, 1.807) is 6.07 Å². The van der Waals surface area contributed by atoms with Gasteiger partial charge in [-0.15, -0.1) is 0 Å². The van der Waals surface area contributed by atoms with Gasteiger partial charge in [-0.3, -0.25) is 0 Å². The van der Waals surface area contributed by atoms with Gasteiger partial charge in [0.25, 0.3) is 0 Å². The zero-order chi connectivity index (χ0) is 11.0. The zero-order valence-electron chi connectivity index (χ0n) is 9.29. The topological polar surface area (TPSA) is 42.2 Å². The van der Waals surface area contributed by atoms with E-state index < -0.39 is 5.97 Å². The third-order valence-electron chi connectivity index (χ3n) is 3.47. The smallest absolute Gasteiger partial charge is 0.337 e. The fourth-order valence-electron chi connectivity index (χ4n) is 2.23. The van der Waals surface area contributed by atoms with E-state index in [2.05, 4.69) is 4.57 Å². The number of hydrogen-bond acceptors (Lipinski definition) is 1. The van der Waals surface area contributed by atoms with Gasteiger partial charge in [-0.1, -0.05) is 6.42 Å². The standard InChI is InChI=1S/C12H17NO2/c1-8-6-11(12(14)15)9(2)13(8)7-10-4-3-5-10/h6,10H,3-5,7H2,1-2H3,(H,14,15). The van der Waals surface area contributed by atoms with Crippen LogP contribution in [0.25, 0.3) is 0 Å². The second-order valence-corrected chi connectivity index (χ2v) is 4.50. The van der Waals surface area contributed by atoms with Crippen LogP contribution < -0.4 is 0 Å². The van der Waals surface area contributed by atoms with E-state index in [0.29, 0.717) is 5.56 Å². The molecule has 0 saturated heterocycles. The molecule has 1 N–H and O–H groups in total.